The molecule has 3 rings (SSSR count). The molecule has 1 N–H and O–H groups in total. The fourth-order valence-corrected chi connectivity index (χ4v) is 2.89. The number of carboxylic acids is 1. The largest absolute Gasteiger partial charge is 0.481 e. The van der Waals surface area contributed by atoms with Crippen LogP contribution >= 0.6 is 11.6 Å². The maximum Gasteiger partial charge on any atom is 0.308 e. The van der Waals surface area contributed by atoms with Gasteiger partial charge in [-0.1, -0.05) is 48.0 Å². The standard InChI is InChI=1S/C19H16ClNO3/c20-16-3-1-2-14(10-16)5-4-13-6-8-17(9-7-13)21-12-15(19(23)24)11-18(21)22/h1-10,15H,11-12H2,(H,23,24). The van der Waals surface area contributed by atoms with Gasteiger partial charge in [-0.2, -0.15) is 0 Å². The van der Waals surface area contributed by atoms with Crippen LogP contribution in [0.15, 0.2) is 48.5 Å². The molecule has 0 bridgehead atoms. The predicted octanol–water partition coefficient (Wildman–Crippen LogP) is 3.95. The van der Waals surface area contributed by atoms with E-state index in [0.29, 0.717) is 5.02 Å². The first-order valence-corrected chi connectivity index (χ1v) is 7.97. The second-order valence-corrected chi connectivity index (χ2v) is 6.16. The van der Waals surface area contributed by atoms with Crippen LogP contribution in [0.1, 0.15) is 17.5 Å². The third-order valence-electron chi connectivity index (χ3n) is 4.00. The Kier molecular flexibility index (Phi) is 4.67. The van der Waals surface area contributed by atoms with Crippen molar-refractivity contribution in [1.29, 1.82) is 0 Å². The number of halogens is 1. The van der Waals surface area contributed by atoms with Crippen LogP contribution in [-0.2, 0) is 9.59 Å². The molecule has 1 aliphatic heterocycles. The van der Waals surface area contributed by atoms with E-state index in [2.05, 4.69) is 0 Å². The Bertz CT molecular complexity index is 799. The molecule has 1 heterocycles. The maximum atomic E-state index is 12.0. The molecule has 1 atom stereocenters. The van der Waals surface area contributed by atoms with E-state index in [9.17, 15) is 9.59 Å². The van der Waals surface area contributed by atoms with E-state index >= 15 is 0 Å². The van der Waals surface area contributed by atoms with Crippen molar-refractivity contribution in [3.05, 3.63) is 64.7 Å². The predicted molar refractivity (Wildman–Crippen MR) is 94.9 cm³/mol. The van der Waals surface area contributed by atoms with Crippen LogP contribution in [0.2, 0.25) is 5.02 Å². The summed E-state index contributed by atoms with van der Waals surface area (Å²) in [4.78, 5) is 24.5. The van der Waals surface area contributed by atoms with Gasteiger partial charge in [0.25, 0.3) is 0 Å². The molecule has 1 fully saturated rings. The molecule has 122 valence electrons. The summed E-state index contributed by atoms with van der Waals surface area (Å²) in [7, 11) is 0. The Morgan fingerprint density at radius 2 is 1.83 bits per heavy atom. The third-order valence-corrected chi connectivity index (χ3v) is 4.23. The van der Waals surface area contributed by atoms with Gasteiger partial charge < -0.3 is 10.0 Å². The number of aliphatic carboxylic acids is 1. The number of anilines is 1. The first kappa shape index (κ1) is 16.3. The highest BCUT2D eigenvalue weighted by molar-refractivity contribution is 6.30. The molecule has 24 heavy (non-hydrogen) atoms. The zero-order chi connectivity index (χ0) is 17.1. The minimum absolute atomic E-state index is 0.0613. The molecular formula is C19H16ClNO3. The van der Waals surface area contributed by atoms with Gasteiger partial charge in [-0.05, 0) is 35.4 Å². The molecule has 5 heteroatoms. The van der Waals surface area contributed by atoms with E-state index in [1.165, 1.54) is 4.90 Å². The van der Waals surface area contributed by atoms with E-state index in [1.807, 2.05) is 60.7 Å². The molecule has 2 aromatic carbocycles. The molecular weight excluding hydrogens is 326 g/mol. The SMILES string of the molecule is O=C(O)C1CC(=O)N(c2ccc(C=Cc3cccc(Cl)c3)cc2)C1. The van der Waals surface area contributed by atoms with Gasteiger partial charge >= 0.3 is 5.97 Å². The highest BCUT2D eigenvalue weighted by Gasteiger charge is 2.34. The lowest BCUT2D eigenvalue weighted by Crippen LogP contribution is -2.25. The van der Waals surface area contributed by atoms with Gasteiger partial charge in [-0.3, -0.25) is 9.59 Å². The van der Waals surface area contributed by atoms with Crippen molar-refractivity contribution in [2.75, 3.05) is 11.4 Å². The van der Waals surface area contributed by atoms with Crippen LogP contribution in [0.4, 0.5) is 5.69 Å². The molecule has 1 aliphatic rings. The Hall–Kier alpha value is -2.59. The lowest BCUT2D eigenvalue weighted by atomic mass is 10.1. The highest BCUT2D eigenvalue weighted by atomic mass is 35.5. The van der Waals surface area contributed by atoms with Crippen molar-refractivity contribution < 1.29 is 14.7 Å². The fraction of sp³-hybridized carbons (Fsp3) is 0.158. The average molecular weight is 342 g/mol. The normalized spacial score (nSPS) is 17.6. The Morgan fingerprint density at radius 3 is 2.46 bits per heavy atom. The van der Waals surface area contributed by atoms with Gasteiger partial charge in [0, 0.05) is 23.7 Å². The number of carbonyl (C=O) groups excluding carboxylic acids is 1. The van der Waals surface area contributed by atoms with Gasteiger partial charge in [0.2, 0.25) is 5.91 Å². The van der Waals surface area contributed by atoms with Crippen LogP contribution in [0.25, 0.3) is 12.2 Å². The fourth-order valence-electron chi connectivity index (χ4n) is 2.69. The van der Waals surface area contributed by atoms with E-state index in [0.717, 1.165) is 16.8 Å². The quantitative estimate of drug-likeness (QED) is 0.857. The lowest BCUT2D eigenvalue weighted by Gasteiger charge is -2.16. The van der Waals surface area contributed by atoms with Crippen LogP contribution in [0.5, 0.6) is 0 Å². The topological polar surface area (TPSA) is 57.6 Å². The third kappa shape index (κ3) is 3.66. The van der Waals surface area contributed by atoms with E-state index in [-0.39, 0.29) is 18.9 Å². The second-order valence-electron chi connectivity index (χ2n) is 5.72. The minimum atomic E-state index is -0.924. The van der Waals surface area contributed by atoms with Crippen molar-refractivity contribution in [1.82, 2.24) is 0 Å². The summed E-state index contributed by atoms with van der Waals surface area (Å²) in [5, 5.41) is 9.73. The van der Waals surface area contributed by atoms with E-state index in [1.54, 1.807) is 0 Å². The first-order valence-electron chi connectivity index (χ1n) is 7.60. The molecule has 1 unspecified atom stereocenters. The van der Waals surface area contributed by atoms with E-state index < -0.39 is 11.9 Å². The lowest BCUT2D eigenvalue weighted by molar-refractivity contribution is -0.141. The van der Waals surface area contributed by atoms with Gasteiger partial charge in [0.15, 0.2) is 0 Å². The molecule has 0 spiro atoms. The van der Waals surface area contributed by atoms with Crippen LogP contribution in [-0.4, -0.2) is 23.5 Å². The highest BCUT2D eigenvalue weighted by Crippen LogP contribution is 2.26. The summed E-state index contributed by atoms with van der Waals surface area (Å²) in [5.74, 6) is -1.70. The number of rotatable bonds is 4. The summed E-state index contributed by atoms with van der Waals surface area (Å²) in [6, 6.07) is 15.0. The van der Waals surface area contributed by atoms with Gasteiger partial charge in [-0.15, -0.1) is 0 Å². The number of amides is 1. The number of hydrogen-bond acceptors (Lipinski definition) is 2. The number of nitrogens with zero attached hydrogens (tertiary/aromatic N) is 1. The average Bonchev–Trinajstić information content (AvgIpc) is 2.96. The molecule has 1 amide bonds. The number of carbonyl (C=O) groups is 2. The van der Waals surface area contributed by atoms with Crippen LogP contribution < -0.4 is 4.90 Å². The molecule has 0 saturated carbocycles. The van der Waals surface area contributed by atoms with Crippen LogP contribution in [0.3, 0.4) is 0 Å². The zero-order valence-corrected chi connectivity index (χ0v) is 13.6. The smallest absolute Gasteiger partial charge is 0.308 e. The monoisotopic (exact) mass is 341 g/mol. The summed E-state index contributed by atoms with van der Waals surface area (Å²) in [6.07, 6.45) is 3.98. The Morgan fingerprint density at radius 1 is 1.12 bits per heavy atom. The molecule has 0 radical (unpaired) electrons. The summed E-state index contributed by atoms with van der Waals surface area (Å²) < 4.78 is 0. The summed E-state index contributed by atoms with van der Waals surface area (Å²) in [6.45, 7) is 0.228. The number of benzene rings is 2. The Balaban J connectivity index is 1.72. The Labute approximate surface area is 145 Å². The number of carboxylic acid groups (broad SMARTS) is 1. The van der Waals surface area contributed by atoms with Crippen LogP contribution in [0, 0.1) is 5.92 Å². The van der Waals surface area contributed by atoms with Crippen molar-refractivity contribution in [2.45, 2.75) is 6.42 Å². The van der Waals surface area contributed by atoms with Crippen molar-refractivity contribution >= 4 is 41.3 Å². The van der Waals surface area contributed by atoms with E-state index in [4.69, 9.17) is 16.7 Å². The summed E-state index contributed by atoms with van der Waals surface area (Å²) >= 11 is 5.95. The summed E-state index contributed by atoms with van der Waals surface area (Å²) in [5.41, 5.74) is 2.72. The molecule has 0 aromatic heterocycles. The van der Waals surface area contributed by atoms with Crippen molar-refractivity contribution in [3.8, 4) is 0 Å². The van der Waals surface area contributed by atoms with Crippen molar-refractivity contribution in [3.63, 3.8) is 0 Å². The molecule has 2 aromatic rings. The second kappa shape index (κ2) is 6.89. The maximum absolute atomic E-state index is 12.0. The number of hydrogen-bond donors (Lipinski definition) is 1. The molecule has 1 saturated heterocycles. The molecule has 0 aliphatic carbocycles. The first-order chi connectivity index (χ1) is 11.5. The van der Waals surface area contributed by atoms with Gasteiger partial charge in [0.1, 0.15) is 0 Å². The zero-order valence-electron chi connectivity index (χ0n) is 12.9. The van der Waals surface area contributed by atoms with Gasteiger partial charge in [-0.25, -0.2) is 0 Å². The van der Waals surface area contributed by atoms with Gasteiger partial charge in [0.05, 0.1) is 5.92 Å². The molecule has 4 nitrogen and oxygen atoms in total. The van der Waals surface area contributed by atoms with Crippen molar-refractivity contribution in [2.24, 2.45) is 5.92 Å². The minimum Gasteiger partial charge on any atom is -0.481 e.